The normalized spacial score (nSPS) is 20.6. The van der Waals surface area contributed by atoms with Gasteiger partial charge in [-0.1, -0.05) is 18.2 Å². The van der Waals surface area contributed by atoms with Gasteiger partial charge in [-0.3, -0.25) is 9.59 Å². The number of ether oxygens (including phenoxy) is 1. The molecule has 0 radical (unpaired) electrons. The number of rotatable bonds is 1. The van der Waals surface area contributed by atoms with Crippen LogP contribution in [-0.4, -0.2) is 52.2 Å². The third kappa shape index (κ3) is 3.83. The highest BCUT2D eigenvalue weighted by molar-refractivity contribution is 7.98. The van der Waals surface area contributed by atoms with Crippen LogP contribution in [0, 0.1) is 11.6 Å². The number of aromatic hydroxyl groups is 1. The van der Waals surface area contributed by atoms with E-state index in [4.69, 9.17) is 4.74 Å². The Bertz CT molecular complexity index is 1560. The number of fused-ring (bicyclic) bond motifs is 4. The van der Waals surface area contributed by atoms with Crippen LogP contribution in [0.15, 0.2) is 46.1 Å². The maximum Gasteiger partial charge on any atom is 0.416 e. The lowest BCUT2D eigenvalue weighted by Crippen LogP contribution is -2.63. The number of aromatic nitrogens is 1. The number of halogens is 5. The number of morpholine rings is 1. The van der Waals surface area contributed by atoms with E-state index in [0.717, 1.165) is 32.2 Å². The van der Waals surface area contributed by atoms with Gasteiger partial charge in [-0.25, -0.2) is 13.5 Å². The van der Waals surface area contributed by atoms with Crippen molar-refractivity contribution in [3.05, 3.63) is 80.6 Å². The standard InChI is InChI=1S/C25H18F5N3O4S/c26-15-6-13(12-5-11-3-1-2-4-18(11)38-10-14(12)21(15)27)16-7-17(34)23(35)22-24(36)32-8-19(25(28,29)30)37-9-20(32)31-33(16)22/h1-4,6-7,19-20,31,35H,5,8-10H2/t19-,20-/m0/s1. The van der Waals surface area contributed by atoms with Gasteiger partial charge in [-0.2, -0.15) is 13.2 Å². The molecule has 2 N–H and O–H groups in total. The number of nitrogens with one attached hydrogen (secondary N) is 1. The van der Waals surface area contributed by atoms with Crippen LogP contribution < -0.4 is 10.9 Å². The lowest BCUT2D eigenvalue weighted by molar-refractivity contribution is -0.239. The summed E-state index contributed by atoms with van der Waals surface area (Å²) in [5.74, 6) is -4.10. The van der Waals surface area contributed by atoms with Gasteiger partial charge >= 0.3 is 6.18 Å². The molecule has 1 fully saturated rings. The molecule has 6 rings (SSSR count). The predicted molar refractivity (Wildman–Crippen MR) is 127 cm³/mol. The topological polar surface area (TPSA) is 83.8 Å². The summed E-state index contributed by atoms with van der Waals surface area (Å²) in [4.78, 5) is 27.8. The first-order valence-electron chi connectivity index (χ1n) is 11.5. The van der Waals surface area contributed by atoms with E-state index in [9.17, 15) is 36.6 Å². The first-order chi connectivity index (χ1) is 18.0. The minimum absolute atomic E-state index is 0.0479. The van der Waals surface area contributed by atoms with Gasteiger partial charge in [0.1, 0.15) is 6.17 Å². The zero-order valence-corrected chi connectivity index (χ0v) is 20.1. The van der Waals surface area contributed by atoms with E-state index in [-0.39, 0.29) is 29.0 Å². The maximum atomic E-state index is 15.0. The molecule has 3 aliphatic rings. The molecule has 3 aromatic rings. The Morgan fingerprint density at radius 3 is 2.63 bits per heavy atom. The lowest BCUT2D eigenvalue weighted by atomic mass is 9.92. The lowest BCUT2D eigenvalue weighted by Gasteiger charge is -2.44. The molecule has 3 aliphatic heterocycles. The third-order valence-electron chi connectivity index (χ3n) is 6.91. The average Bonchev–Trinajstić information content (AvgIpc) is 3.08. The molecular weight excluding hydrogens is 533 g/mol. The number of hydrogen-bond donors (Lipinski definition) is 2. The van der Waals surface area contributed by atoms with Crippen molar-refractivity contribution >= 4 is 17.7 Å². The monoisotopic (exact) mass is 551 g/mol. The SMILES string of the molecule is O=C1c2c(O)c(=O)cc(-c3cc(F)c(F)c4c3Cc3ccccc3SC4)n2N[C@@H]2CO[C@H](C(F)(F)F)CN12. The van der Waals surface area contributed by atoms with E-state index < -0.39 is 66.0 Å². The fourth-order valence-electron chi connectivity index (χ4n) is 5.03. The fraction of sp³-hybridized carbons (Fsp3) is 0.280. The maximum absolute atomic E-state index is 15.0. The molecule has 38 heavy (non-hydrogen) atoms. The number of amides is 1. The van der Waals surface area contributed by atoms with Crippen molar-refractivity contribution in [2.75, 3.05) is 18.6 Å². The Labute approximate surface area is 215 Å². The van der Waals surface area contributed by atoms with Crippen molar-refractivity contribution in [2.45, 2.75) is 35.5 Å². The Balaban J connectivity index is 1.53. The second-order valence-electron chi connectivity index (χ2n) is 9.14. The Morgan fingerprint density at radius 1 is 1.11 bits per heavy atom. The molecule has 0 saturated carbocycles. The number of thioether (sulfide) groups is 1. The summed E-state index contributed by atoms with van der Waals surface area (Å²) in [6, 6.07) is 9.24. The van der Waals surface area contributed by atoms with Gasteiger partial charge in [0, 0.05) is 27.8 Å². The summed E-state index contributed by atoms with van der Waals surface area (Å²) >= 11 is 1.33. The van der Waals surface area contributed by atoms with E-state index in [1.54, 1.807) is 0 Å². The molecule has 4 heterocycles. The number of pyridine rings is 1. The van der Waals surface area contributed by atoms with Crippen molar-refractivity contribution in [1.82, 2.24) is 9.58 Å². The van der Waals surface area contributed by atoms with E-state index in [2.05, 4.69) is 5.43 Å². The van der Waals surface area contributed by atoms with Crippen LogP contribution in [0.25, 0.3) is 11.3 Å². The number of carbonyl (C=O) groups is 1. The van der Waals surface area contributed by atoms with Crippen LogP contribution in [0.3, 0.4) is 0 Å². The smallest absolute Gasteiger partial charge is 0.416 e. The number of nitrogens with zero attached hydrogens (tertiary/aromatic N) is 2. The molecule has 2 aromatic carbocycles. The Kier molecular flexibility index (Phi) is 5.69. The van der Waals surface area contributed by atoms with Gasteiger partial charge in [0.05, 0.1) is 18.8 Å². The first kappa shape index (κ1) is 24.7. The molecule has 0 aliphatic carbocycles. The van der Waals surface area contributed by atoms with Gasteiger partial charge in [-0.15, -0.1) is 11.8 Å². The summed E-state index contributed by atoms with van der Waals surface area (Å²) in [7, 11) is 0. The summed E-state index contributed by atoms with van der Waals surface area (Å²) in [5, 5.41) is 10.5. The summed E-state index contributed by atoms with van der Waals surface area (Å²) in [5.41, 5.74) is 2.60. The predicted octanol–water partition coefficient (Wildman–Crippen LogP) is 3.98. The first-order valence-corrected chi connectivity index (χ1v) is 12.5. The van der Waals surface area contributed by atoms with Crippen LogP contribution in [0.1, 0.15) is 27.2 Å². The van der Waals surface area contributed by atoms with Crippen LogP contribution in [0.5, 0.6) is 5.75 Å². The number of benzene rings is 2. The highest BCUT2D eigenvalue weighted by Crippen LogP contribution is 2.41. The van der Waals surface area contributed by atoms with Crippen molar-refractivity contribution < 1.29 is 36.6 Å². The molecule has 0 unspecified atom stereocenters. The van der Waals surface area contributed by atoms with Crippen LogP contribution in [-0.2, 0) is 16.9 Å². The molecular formula is C25H18F5N3O4S. The zero-order valence-electron chi connectivity index (χ0n) is 19.3. The van der Waals surface area contributed by atoms with E-state index in [0.29, 0.717) is 5.56 Å². The molecule has 7 nitrogen and oxygen atoms in total. The Hall–Kier alpha value is -3.58. The summed E-state index contributed by atoms with van der Waals surface area (Å²) in [6.45, 7) is -1.39. The van der Waals surface area contributed by atoms with Crippen molar-refractivity contribution in [2.24, 2.45) is 0 Å². The zero-order chi connectivity index (χ0) is 26.9. The summed E-state index contributed by atoms with van der Waals surface area (Å²) in [6.07, 6.45) is -7.86. The largest absolute Gasteiger partial charge is 0.502 e. The van der Waals surface area contributed by atoms with Crippen molar-refractivity contribution in [3.63, 3.8) is 0 Å². The molecule has 0 bridgehead atoms. The highest BCUT2D eigenvalue weighted by Gasteiger charge is 2.49. The fourth-order valence-corrected chi connectivity index (χ4v) is 6.13. The van der Waals surface area contributed by atoms with Gasteiger partial charge in [0.15, 0.2) is 29.2 Å². The molecule has 198 valence electrons. The van der Waals surface area contributed by atoms with Crippen LogP contribution in [0.4, 0.5) is 22.0 Å². The quantitative estimate of drug-likeness (QED) is 0.446. The number of hydrogen-bond acceptors (Lipinski definition) is 6. The van der Waals surface area contributed by atoms with Gasteiger partial charge in [0.2, 0.25) is 5.43 Å². The van der Waals surface area contributed by atoms with E-state index >= 15 is 0 Å². The van der Waals surface area contributed by atoms with Crippen LogP contribution >= 0.6 is 11.8 Å². The van der Waals surface area contributed by atoms with Crippen LogP contribution in [0.2, 0.25) is 0 Å². The van der Waals surface area contributed by atoms with Gasteiger partial charge in [0.25, 0.3) is 5.91 Å². The highest BCUT2D eigenvalue weighted by atomic mass is 32.2. The van der Waals surface area contributed by atoms with Crippen molar-refractivity contribution in [1.29, 1.82) is 0 Å². The van der Waals surface area contributed by atoms with E-state index in [1.807, 2.05) is 24.3 Å². The number of carbonyl (C=O) groups excluding carboxylic acids is 1. The number of alkyl halides is 3. The van der Waals surface area contributed by atoms with E-state index in [1.165, 1.54) is 11.8 Å². The molecule has 1 saturated heterocycles. The molecule has 1 amide bonds. The molecule has 2 atom stereocenters. The molecule has 13 heteroatoms. The summed E-state index contributed by atoms with van der Waals surface area (Å²) < 4.78 is 75.7. The second kappa shape index (κ2) is 8.73. The van der Waals surface area contributed by atoms with Gasteiger partial charge < -0.3 is 20.2 Å². The minimum atomic E-state index is -4.73. The molecule has 1 aromatic heterocycles. The molecule has 0 spiro atoms. The third-order valence-corrected chi connectivity index (χ3v) is 8.06. The minimum Gasteiger partial charge on any atom is -0.502 e. The average molecular weight is 551 g/mol. The second-order valence-corrected chi connectivity index (χ2v) is 10.2. The van der Waals surface area contributed by atoms with Gasteiger partial charge in [-0.05, 0) is 29.7 Å². The van der Waals surface area contributed by atoms with Crippen molar-refractivity contribution in [3.8, 4) is 17.0 Å². The Morgan fingerprint density at radius 2 is 1.87 bits per heavy atom.